The average Bonchev–Trinajstić information content (AvgIpc) is 2.26. The van der Waals surface area contributed by atoms with Crippen LogP contribution in [0, 0.1) is 11.8 Å². The predicted octanol–water partition coefficient (Wildman–Crippen LogP) is 4.11. The highest BCUT2D eigenvalue weighted by Crippen LogP contribution is 2.37. The van der Waals surface area contributed by atoms with E-state index in [0.29, 0.717) is 0 Å². The molecule has 1 heteroatoms. The van der Waals surface area contributed by atoms with E-state index in [1.165, 1.54) is 51.4 Å². The van der Waals surface area contributed by atoms with Crippen molar-refractivity contribution >= 4 is 0 Å². The maximum absolute atomic E-state index is 6.58. The van der Waals surface area contributed by atoms with Crippen LogP contribution in [0.2, 0.25) is 0 Å². The third kappa shape index (κ3) is 3.79. The van der Waals surface area contributed by atoms with E-state index >= 15 is 0 Å². The van der Waals surface area contributed by atoms with E-state index in [1.54, 1.807) is 0 Å². The summed E-state index contributed by atoms with van der Waals surface area (Å²) in [5.41, 5.74) is 6.75. The van der Waals surface area contributed by atoms with Crippen LogP contribution in [-0.4, -0.2) is 5.54 Å². The topological polar surface area (TPSA) is 26.0 Å². The minimum Gasteiger partial charge on any atom is -0.325 e. The summed E-state index contributed by atoms with van der Waals surface area (Å²) in [4.78, 5) is 0. The zero-order valence-electron chi connectivity index (χ0n) is 10.9. The lowest BCUT2D eigenvalue weighted by atomic mass is 9.71. The quantitative estimate of drug-likeness (QED) is 0.727. The van der Waals surface area contributed by atoms with E-state index in [-0.39, 0.29) is 5.54 Å². The van der Waals surface area contributed by atoms with Crippen LogP contribution in [0.3, 0.4) is 0 Å². The highest BCUT2D eigenvalue weighted by atomic mass is 14.7. The molecule has 0 aromatic rings. The van der Waals surface area contributed by atoms with Crippen molar-refractivity contribution in [2.45, 2.75) is 77.7 Å². The largest absolute Gasteiger partial charge is 0.325 e. The Bertz CT molecular complexity index is 174. The molecule has 0 bridgehead atoms. The second kappa shape index (κ2) is 5.89. The Labute approximate surface area is 95.8 Å². The summed E-state index contributed by atoms with van der Waals surface area (Å²) in [6, 6.07) is 0. The molecular weight excluding hydrogens is 182 g/mol. The van der Waals surface area contributed by atoms with Crippen molar-refractivity contribution in [1.82, 2.24) is 0 Å². The van der Waals surface area contributed by atoms with E-state index in [1.807, 2.05) is 0 Å². The zero-order valence-corrected chi connectivity index (χ0v) is 10.9. The van der Waals surface area contributed by atoms with Crippen LogP contribution in [0.25, 0.3) is 0 Å². The van der Waals surface area contributed by atoms with Gasteiger partial charge in [0.1, 0.15) is 0 Å². The zero-order chi connectivity index (χ0) is 11.3. The van der Waals surface area contributed by atoms with Crippen LogP contribution in [0.15, 0.2) is 0 Å². The molecule has 0 saturated heterocycles. The van der Waals surface area contributed by atoms with E-state index < -0.39 is 0 Å². The van der Waals surface area contributed by atoms with Gasteiger partial charge in [-0.1, -0.05) is 52.9 Å². The molecule has 2 atom stereocenters. The number of hydrogen-bond donors (Lipinski definition) is 1. The molecule has 2 unspecified atom stereocenters. The van der Waals surface area contributed by atoms with E-state index in [9.17, 15) is 0 Å². The molecule has 1 fully saturated rings. The lowest BCUT2D eigenvalue weighted by Crippen LogP contribution is -2.45. The van der Waals surface area contributed by atoms with Crippen LogP contribution in [0.1, 0.15) is 72.1 Å². The van der Waals surface area contributed by atoms with Gasteiger partial charge < -0.3 is 5.73 Å². The molecule has 15 heavy (non-hydrogen) atoms. The molecule has 1 saturated carbocycles. The summed E-state index contributed by atoms with van der Waals surface area (Å²) in [7, 11) is 0. The standard InChI is InChI=1S/C14H29N/c1-4-12(5-2)10-14(15)9-7-8-13(6-3)11-14/h12-13H,4-11,15H2,1-3H3. The van der Waals surface area contributed by atoms with E-state index in [0.717, 1.165) is 11.8 Å². The molecular formula is C14H29N. The van der Waals surface area contributed by atoms with Gasteiger partial charge in [0.2, 0.25) is 0 Å². The maximum Gasteiger partial charge on any atom is 0.0159 e. The molecule has 0 aromatic heterocycles. The molecule has 1 aliphatic rings. The van der Waals surface area contributed by atoms with Crippen molar-refractivity contribution in [3.8, 4) is 0 Å². The predicted molar refractivity (Wildman–Crippen MR) is 67.9 cm³/mol. The van der Waals surface area contributed by atoms with Crippen molar-refractivity contribution in [2.75, 3.05) is 0 Å². The Morgan fingerprint density at radius 1 is 1.27 bits per heavy atom. The molecule has 0 radical (unpaired) electrons. The third-order valence-corrected chi connectivity index (χ3v) is 4.41. The van der Waals surface area contributed by atoms with Crippen molar-refractivity contribution in [3.05, 3.63) is 0 Å². The average molecular weight is 211 g/mol. The van der Waals surface area contributed by atoms with Gasteiger partial charge in [-0.25, -0.2) is 0 Å². The van der Waals surface area contributed by atoms with Crippen molar-refractivity contribution in [1.29, 1.82) is 0 Å². The minimum atomic E-state index is 0.176. The van der Waals surface area contributed by atoms with Crippen LogP contribution < -0.4 is 5.73 Å². The first-order valence-electron chi connectivity index (χ1n) is 6.92. The SMILES string of the molecule is CCC(CC)CC1(N)CCCC(CC)C1. The first-order chi connectivity index (χ1) is 7.13. The molecule has 90 valence electrons. The molecule has 1 nitrogen and oxygen atoms in total. The molecule has 0 heterocycles. The van der Waals surface area contributed by atoms with Gasteiger partial charge in [-0.15, -0.1) is 0 Å². The van der Waals surface area contributed by atoms with Crippen molar-refractivity contribution < 1.29 is 0 Å². The van der Waals surface area contributed by atoms with Gasteiger partial charge in [-0.2, -0.15) is 0 Å². The van der Waals surface area contributed by atoms with Gasteiger partial charge in [-0.05, 0) is 31.1 Å². The van der Waals surface area contributed by atoms with E-state index in [2.05, 4.69) is 20.8 Å². The summed E-state index contributed by atoms with van der Waals surface area (Å²) in [5.74, 6) is 1.75. The molecule has 0 aliphatic heterocycles. The normalized spacial score (nSPS) is 32.2. The molecule has 0 spiro atoms. The smallest absolute Gasteiger partial charge is 0.0159 e. The Morgan fingerprint density at radius 2 is 1.93 bits per heavy atom. The Balaban J connectivity index is 2.49. The maximum atomic E-state index is 6.58. The summed E-state index contributed by atoms with van der Waals surface area (Å²) < 4.78 is 0. The highest BCUT2D eigenvalue weighted by Gasteiger charge is 2.33. The van der Waals surface area contributed by atoms with Gasteiger partial charge in [-0.3, -0.25) is 0 Å². The summed E-state index contributed by atoms with van der Waals surface area (Å²) in [6.07, 6.45) is 10.5. The van der Waals surface area contributed by atoms with Crippen molar-refractivity contribution in [2.24, 2.45) is 17.6 Å². The summed E-state index contributed by atoms with van der Waals surface area (Å²) in [6.45, 7) is 6.92. The van der Waals surface area contributed by atoms with Crippen LogP contribution in [0.5, 0.6) is 0 Å². The fourth-order valence-corrected chi connectivity index (χ4v) is 3.21. The Kier molecular flexibility index (Phi) is 5.11. The second-order valence-corrected chi connectivity index (χ2v) is 5.62. The summed E-state index contributed by atoms with van der Waals surface area (Å²) >= 11 is 0. The number of nitrogens with two attached hydrogens (primary N) is 1. The van der Waals surface area contributed by atoms with Crippen molar-refractivity contribution in [3.63, 3.8) is 0 Å². The number of hydrogen-bond acceptors (Lipinski definition) is 1. The third-order valence-electron chi connectivity index (χ3n) is 4.41. The van der Waals surface area contributed by atoms with Gasteiger partial charge in [0.15, 0.2) is 0 Å². The summed E-state index contributed by atoms with van der Waals surface area (Å²) in [5, 5.41) is 0. The van der Waals surface area contributed by atoms with Crippen LogP contribution in [0.4, 0.5) is 0 Å². The monoisotopic (exact) mass is 211 g/mol. The Hall–Kier alpha value is -0.0400. The lowest BCUT2D eigenvalue weighted by molar-refractivity contribution is 0.179. The molecule has 1 rings (SSSR count). The van der Waals surface area contributed by atoms with Gasteiger partial charge in [0.25, 0.3) is 0 Å². The lowest BCUT2D eigenvalue weighted by Gasteiger charge is -2.40. The first-order valence-corrected chi connectivity index (χ1v) is 6.92. The fourth-order valence-electron chi connectivity index (χ4n) is 3.21. The Morgan fingerprint density at radius 3 is 2.47 bits per heavy atom. The van der Waals surface area contributed by atoms with Crippen LogP contribution >= 0.6 is 0 Å². The van der Waals surface area contributed by atoms with Gasteiger partial charge >= 0.3 is 0 Å². The molecule has 0 amide bonds. The molecule has 0 aromatic carbocycles. The van der Waals surface area contributed by atoms with Gasteiger partial charge in [0.05, 0.1) is 0 Å². The van der Waals surface area contributed by atoms with E-state index in [4.69, 9.17) is 5.73 Å². The van der Waals surface area contributed by atoms with Gasteiger partial charge in [0, 0.05) is 5.54 Å². The highest BCUT2D eigenvalue weighted by molar-refractivity contribution is 4.91. The minimum absolute atomic E-state index is 0.176. The number of rotatable bonds is 5. The molecule has 2 N–H and O–H groups in total. The first kappa shape index (κ1) is 13.0. The second-order valence-electron chi connectivity index (χ2n) is 5.62. The molecule has 1 aliphatic carbocycles. The van der Waals surface area contributed by atoms with Crippen LogP contribution in [-0.2, 0) is 0 Å². The fraction of sp³-hybridized carbons (Fsp3) is 1.00.